The summed E-state index contributed by atoms with van der Waals surface area (Å²) in [5.74, 6) is 0.953. The van der Waals surface area contributed by atoms with Crippen LogP contribution >= 0.6 is 50.5 Å². The minimum Gasteiger partial charge on any atom is -0.250 e. The van der Waals surface area contributed by atoms with Crippen molar-refractivity contribution in [3.63, 3.8) is 0 Å². The van der Waals surface area contributed by atoms with Crippen molar-refractivity contribution < 1.29 is 0 Å². The second-order valence-corrected chi connectivity index (χ2v) is 6.38. The molecule has 1 aromatic carbocycles. The number of nitrogens with zero attached hydrogens (tertiary/aromatic N) is 1. The van der Waals surface area contributed by atoms with Crippen molar-refractivity contribution in [3.8, 4) is 0 Å². The van der Waals surface area contributed by atoms with Crippen molar-refractivity contribution in [2.24, 2.45) is 0 Å². The van der Waals surface area contributed by atoms with Crippen LogP contribution in [0.2, 0.25) is 0 Å². The van der Waals surface area contributed by atoms with E-state index in [2.05, 4.69) is 33.0 Å². The van der Waals surface area contributed by atoms with Crippen LogP contribution in [0.25, 0.3) is 0 Å². The van der Waals surface area contributed by atoms with Crippen LogP contribution in [-0.4, -0.2) is 16.7 Å². The van der Waals surface area contributed by atoms with E-state index in [0.29, 0.717) is 11.8 Å². The molecule has 5 heteroatoms. The molecule has 0 atom stereocenters. The molecule has 0 N–H and O–H groups in total. The van der Waals surface area contributed by atoms with Gasteiger partial charge in [0.05, 0.1) is 11.2 Å². The molecule has 0 amide bonds. The molecule has 2 rings (SSSR count). The maximum Gasteiger partial charge on any atom is 0.0794 e. The van der Waals surface area contributed by atoms with E-state index in [1.807, 2.05) is 23.0 Å². The van der Waals surface area contributed by atoms with Crippen LogP contribution < -0.4 is 0 Å². The summed E-state index contributed by atoms with van der Waals surface area (Å²) in [5.41, 5.74) is 3.76. The zero-order chi connectivity index (χ0) is 13.0. The molecule has 1 heterocycles. The quantitative estimate of drug-likeness (QED) is 0.690. The lowest BCUT2D eigenvalue weighted by molar-refractivity contribution is 0.530. The molecule has 0 bridgehead atoms. The first-order valence-corrected chi connectivity index (χ1v) is 8.26. The number of alkyl halides is 2. The minimum atomic E-state index is -0.263. The molecule has 0 aliphatic rings. The maximum absolute atomic E-state index is 6.20. The number of benzene rings is 1. The van der Waals surface area contributed by atoms with Crippen molar-refractivity contribution in [1.82, 2.24) is 4.98 Å². The molecule has 2 aromatic rings. The molecule has 0 unspecified atom stereocenters. The molecule has 1 nitrogen and oxygen atoms in total. The Morgan fingerprint density at radius 2 is 2.06 bits per heavy atom. The van der Waals surface area contributed by atoms with Crippen LogP contribution in [0.4, 0.5) is 0 Å². The van der Waals surface area contributed by atoms with Gasteiger partial charge in [0, 0.05) is 33.4 Å². The number of hydrogen-bond donors (Lipinski definition) is 0. The van der Waals surface area contributed by atoms with Gasteiger partial charge in [-0.2, -0.15) is 0 Å². The van der Waals surface area contributed by atoms with Gasteiger partial charge in [-0.1, -0.05) is 28.1 Å². The second-order valence-electron chi connectivity index (χ2n) is 4.21. The Labute approximate surface area is 129 Å². The van der Waals surface area contributed by atoms with Crippen molar-refractivity contribution in [3.05, 3.63) is 50.9 Å². The highest BCUT2D eigenvalue weighted by Gasteiger charge is 2.31. The summed E-state index contributed by atoms with van der Waals surface area (Å²) in [7, 11) is 0. The van der Waals surface area contributed by atoms with Gasteiger partial charge >= 0.3 is 0 Å². The first kappa shape index (κ1) is 14.3. The Bertz CT molecular complexity index is 497. The van der Waals surface area contributed by atoms with Gasteiger partial charge in [-0.25, -0.2) is 4.98 Å². The molecule has 0 saturated carbocycles. The number of thiazole rings is 1. The van der Waals surface area contributed by atoms with Crippen molar-refractivity contribution in [1.29, 1.82) is 0 Å². The molecule has 0 fully saturated rings. The van der Waals surface area contributed by atoms with Crippen LogP contribution in [0.1, 0.15) is 11.3 Å². The fraction of sp³-hybridized carbons (Fsp3) is 0.308. The Kier molecular flexibility index (Phi) is 5.07. The zero-order valence-corrected chi connectivity index (χ0v) is 13.5. The summed E-state index contributed by atoms with van der Waals surface area (Å²) in [6.45, 7) is 0. The van der Waals surface area contributed by atoms with Gasteiger partial charge in [0.25, 0.3) is 0 Å². The maximum atomic E-state index is 6.20. The third-order valence-electron chi connectivity index (χ3n) is 2.95. The number of hydrogen-bond acceptors (Lipinski definition) is 2. The predicted octanol–water partition coefficient (Wildman–Crippen LogP) is 4.86. The van der Waals surface area contributed by atoms with E-state index in [1.165, 1.54) is 0 Å². The van der Waals surface area contributed by atoms with Crippen LogP contribution in [0, 0.1) is 0 Å². The first-order valence-electron chi connectivity index (χ1n) is 5.45. The van der Waals surface area contributed by atoms with E-state index in [0.717, 1.165) is 22.2 Å². The van der Waals surface area contributed by atoms with Crippen LogP contribution in [0.15, 0.2) is 39.6 Å². The van der Waals surface area contributed by atoms with E-state index < -0.39 is 0 Å². The van der Waals surface area contributed by atoms with Crippen LogP contribution in [0.5, 0.6) is 0 Å². The molecule has 0 radical (unpaired) electrons. The van der Waals surface area contributed by atoms with Gasteiger partial charge in [0.15, 0.2) is 0 Å². The molecule has 1 aromatic heterocycles. The zero-order valence-electron chi connectivity index (χ0n) is 9.57. The van der Waals surface area contributed by atoms with Crippen LogP contribution in [-0.2, 0) is 11.8 Å². The standard InChI is InChI=1S/C13H12BrCl2NS/c14-11-3-1-2-10(4-11)13(7-15,8-16)5-12-6-18-9-17-12/h1-4,6,9H,5,7-8H2. The summed E-state index contributed by atoms with van der Waals surface area (Å²) >= 11 is 17.5. The van der Waals surface area contributed by atoms with Gasteiger partial charge in [-0.05, 0) is 17.7 Å². The van der Waals surface area contributed by atoms with E-state index in [9.17, 15) is 0 Å². The monoisotopic (exact) mass is 363 g/mol. The SMILES string of the molecule is ClCC(CCl)(Cc1cscn1)c1cccc(Br)c1. The van der Waals surface area contributed by atoms with Crippen molar-refractivity contribution in [2.45, 2.75) is 11.8 Å². The minimum absolute atomic E-state index is 0.263. The highest BCUT2D eigenvalue weighted by atomic mass is 79.9. The Hall–Kier alpha value is -0.0900. The average Bonchev–Trinajstić information content (AvgIpc) is 2.89. The van der Waals surface area contributed by atoms with E-state index >= 15 is 0 Å². The highest BCUT2D eigenvalue weighted by Crippen LogP contribution is 2.33. The third-order valence-corrected chi connectivity index (χ3v) is 5.10. The summed E-state index contributed by atoms with van der Waals surface area (Å²) in [4.78, 5) is 4.33. The van der Waals surface area contributed by atoms with E-state index in [4.69, 9.17) is 23.2 Å². The van der Waals surface area contributed by atoms with Gasteiger partial charge < -0.3 is 0 Å². The fourth-order valence-corrected chi connectivity index (χ4v) is 3.62. The second kappa shape index (κ2) is 6.38. The number of aromatic nitrogens is 1. The molecule has 96 valence electrons. The molecule has 0 aliphatic carbocycles. The van der Waals surface area contributed by atoms with Crippen molar-refractivity contribution in [2.75, 3.05) is 11.8 Å². The smallest absolute Gasteiger partial charge is 0.0794 e. The highest BCUT2D eigenvalue weighted by molar-refractivity contribution is 9.10. The Morgan fingerprint density at radius 3 is 2.61 bits per heavy atom. The van der Waals surface area contributed by atoms with Gasteiger partial charge in [-0.15, -0.1) is 34.5 Å². The lowest BCUT2D eigenvalue weighted by Crippen LogP contribution is -2.33. The lowest BCUT2D eigenvalue weighted by Gasteiger charge is -2.29. The predicted molar refractivity (Wildman–Crippen MR) is 83.1 cm³/mol. The molecule has 0 saturated heterocycles. The first-order chi connectivity index (χ1) is 8.70. The lowest BCUT2D eigenvalue weighted by atomic mass is 9.80. The number of halogens is 3. The van der Waals surface area contributed by atoms with Gasteiger partial charge in [0.2, 0.25) is 0 Å². The van der Waals surface area contributed by atoms with Gasteiger partial charge in [-0.3, -0.25) is 0 Å². The average molecular weight is 365 g/mol. The fourth-order valence-electron chi connectivity index (χ4n) is 1.88. The van der Waals surface area contributed by atoms with Gasteiger partial charge in [0.1, 0.15) is 0 Å². The molecule has 0 spiro atoms. The molecule has 0 aliphatic heterocycles. The Morgan fingerprint density at radius 1 is 1.28 bits per heavy atom. The summed E-state index contributed by atoms with van der Waals surface area (Å²) < 4.78 is 1.04. The molecule has 18 heavy (non-hydrogen) atoms. The van der Waals surface area contributed by atoms with Crippen molar-refractivity contribution >= 4 is 50.5 Å². The topological polar surface area (TPSA) is 12.9 Å². The summed E-state index contributed by atoms with van der Waals surface area (Å²) in [6.07, 6.45) is 0.764. The summed E-state index contributed by atoms with van der Waals surface area (Å²) in [6, 6.07) is 8.16. The van der Waals surface area contributed by atoms with E-state index in [-0.39, 0.29) is 5.41 Å². The van der Waals surface area contributed by atoms with E-state index in [1.54, 1.807) is 11.3 Å². The summed E-state index contributed by atoms with van der Waals surface area (Å²) in [5, 5.41) is 2.05. The third kappa shape index (κ3) is 3.08. The Balaban J connectivity index is 2.37. The normalized spacial score (nSPS) is 11.7. The molecular weight excluding hydrogens is 353 g/mol. The largest absolute Gasteiger partial charge is 0.250 e. The number of rotatable bonds is 5. The molecular formula is C13H12BrCl2NS. The van der Waals surface area contributed by atoms with Crippen LogP contribution in [0.3, 0.4) is 0 Å².